The number of amides is 1. The first-order valence-corrected chi connectivity index (χ1v) is 7.09. The fourth-order valence-electron chi connectivity index (χ4n) is 1.78. The van der Waals surface area contributed by atoms with E-state index in [1.165, 1.54) is 12.8 Å². The molecule has 0 radical (unpaired) electrons. The zero-order valence-corrected chi connectivity index (χ0v) is 12.5. The van der Waals surface area contributed by atoms with Gasteiger partial charge in [0.25, 0.3) is 0 Å². The molecule has 0 spiro atoms. The van der Waals surface area contributed by atoms with Crippen LogP contribution in [0.3, 0.4) is 0 Å². The molecule has 0 bridgehead atoms. The van der Waals surface area contributed by atoms with E-state index in [1.807, 2.05) is 24.2 Å². The third kappa shape index (κ3) is 4.16. The summed E-state index contributed by atoms with van der Waals surface area (Å²) in [5, 5.41) is 3.43. The quantitative estimate of drug-likeness (QED) is 0.792. The first-order chi connectivity index (χ1) is 9.60. The Balaban J connectivity index is 1.93. The van der Waals surface area contributed by atoms with Crippen LogP contribution >= 0.6 is 0 Å². The van der Waals surface area contributed by atoms with Crippen LogP contribution in [0, 0.1) is 0 Å². The molecule has 1 aromatic heterocycles. The van der Waals surface area contributed by atoms with Crippen molar-refractivity contribution < 1.29 is 4.79 Å². The predicted octanol–water partition coefficient (Wildman–Crippen LogP) is 0.643. The highest BCUT2D eigenvalue weighted by atomic mass is 16.2. The van der Waals surface area contributed by atoms with Crippen LogP contribution in [0.4, 0.5) is 5.95 Å². The van der Waals surface area contributed by atoms with Crippen molar-refractivity contribution in [3.8, 4) is 0 Å². The molecule has 0 atom stereocenters. The lowest BCUT2D eigenvalue weighted by atomic mass is 10.3. The lowest BCUT2D eigenvalue weighted by Crippen LogP contribution is -2.37. The molecule has 0 saturated heterocycles. The Kier molecular flexibility index (Phi) is 4.89. The van der Waals surface area contributed by atoms with Crippen molar-refractivity contribution in [3.05, 3.63) is 18.0 Å². The summed E-state index contributed by atoms with van der Waals surface area (Å²) < 4.78 is 0. The number of hydrogen-bond acceptors (Lipinski definition) is 5. The molecule has 0 aliphatic heterocycles. The van der Waals surface area contributed by atoms with Gasteiger partial charge in [0.05, 0.1) is 6.54 Å². The second kappa shape index (κ2) is 6.65. The summed E-state index contributed by atoms with van der Waals surface area (Å²) in [5.74, 6) is 0.660. The molecule has 0 unspecified atom stereocenters. The molecular formula is C14H23N5O. The molecule has 6 nitrogen and oxygen atoms in total. The van der Waals surface area contributed by atoms with Crippen molar-refractivity contribution in [3.63, 3.8) is 0 Å². The first-order valence-electron chi connectivity index (χ1n) is 7.09. The molecule has 1 saturated carbocycles. The average molecular weight is 277 g/mol. The van der Waals surface area contributed by atoms with Gasteiger partial charge < -0.3 is 15.1 Å². The Morgan fingerprint density at radius 1 is 1.35 bits per heavy atom. The van der Waals surface area contributed by atoms with Gasteiger partial charge in [0.2, 0.25) is 11.9 Å². The summed E-state index contributed by atoms with van der Waals surface area (Å²) in [6.45, 7) is 3.82. The predicted molar refractivity (Wildman–Crippen MR) is 78.5 cm³/mol. The Morgan fingerprint density at radius 3 is 2.50 bits per heavy atom. The van der Waals surface area contributed by atoms with Crippen molar-refractivity contribution in [2.45, 2.75) is 32.4 Å². The van der Waals surface area contributed by atoms with Gasteiger partial charge >= 0.3 is 0 Å². The molecule has 0 aromatic carbocycles. The van der Waals surface area contributed by atoms with E-state index in [2.05, 4.69) is 15.3 Å². The zero-order chi connectivity index (χ0) is 14.5. The SMILES string of the molecule is CCN(CC(=O)N(C)C)c1ncc(CNC2CC2)cn1. The van der Waals surface area contributed by atoms with Crippen molar-refractivity contribution in [1.82, 2.24) is 20.2 Å². The van der Waals surface area contributed by atoms with Crippen LogP contribution in [0.25, 0.3) is 0 Å². The minimum Gasteiger partial charge on any atom is -0.347 e. The number of anilines is 1. The molecule has 110 valence electrons. The minimum atomic E-state index is 0.0509. The van der Waals surface area contributed by atoms with Crippen LogP contribution in [0.2, 0.25) is 0 Å². The van der Waals surface area contributed by atoms with E-state index in [0.717, 1.165) is 12.1 Å². The highest BCUT2D eigenvalue weighted by Gasteiger charge is 2.20. The van der Waals surface area contributed by atoms with Gasteiger partial charge in [-0.2, -0.15) is 0 Å². The maximum absolute atomic E-state index is 11.8. The molecule has 1 aliphatic carbocycles. The number of aromatic nitrogens is 2. The van der Waals surface area contributed by atoms with Gasteiger partial charge in [-0.15, -0.1) is 0 Å². The maximum atomic E-state index is 11.8. The summed E-state index contributed by atoms with van der Waals surface area (Å²) in [6, 6.07) is 0.680. The highest BCUT2D eigenvalue weighted by Crippen LogP contribution is 2.19. The number of nitrogens with zero attached hydrogens (tertiary/aromatic N) is 4. The second-order valence-corrected chi connectivity index (χ2v) is 5.35. The molecule has 1 aromatic rings. The summed E-state index contributed by atoms with van der Waals surface area (Å²) in [7, 11) is 3.51. The van der Waals surface area contributed by atoms with E-state index in [0.29, 0.717) is 25.1 Å². The second-order valence-electron chi connectivity index (χ2n) is 5.35. The molecule has 1 heterocycles. The summed E-state index contributed by atoms with van der Waals surface area (Å²) in [4.78, 5) is 23.9. The standard InChI is InChI=1S/C14H23N5O/c1-4-19(10-13(20)18(2)3)14-16-8-11(9-17-14)7-15-12-5-6-12/h8-9,12,15H,4-7,10H2,1-3H3. The number of carbonyl (C=O) groups is 1. The van der Waals surface area contributed by atoms with Crippen molar-refractivity contribution in [2.24, 2.45) is 0 Å². The van der Waals surface area contributed by atoms with Crippen LogP contribution in [-0.2, 0) is 11.3 Å². The Bertz CT molecular complexity index is 441. The first kappa shape index (κ1) is 14.7. The zero-order valence-electron chi connectivity index (χ0n) is 12.5. The topological polar surface area (TPSA) is 61.4 Å². The lowest BCUT2D eigenvalue weighted by Gasteiger charge is -2.22. The third-order valence-electron chi connectivity index (χ3n) is 3.35. The van der Waals surface area contributed by atoms with E-state index >= 15 is 0 Å². The van der Waals surface area contributed by atoms with Gasteiger partial charge in [0.1, 0.15) is 0 Å². The number of hydrogen-bond donors (Lipinski definition) is 1. The van der Waals surface area contributed by atoms with Crippen LogP contribution in [-0.4, -0.2) is 54.0 Å². The highest BCUT2D eigenvalue weighted by molar-refractivity contribution is 5.80. The van der Waals surface area contributed by atoms with E-state index < -0.39 is 0 Å². The monoisotopic (exact) mass is 277 g/mol. The largest absolute Gasteiger partial charge is 0.347 e. The Hall–Kier alpha value is -1.69. The number of likely N-dealkylation sites (N-methyl/N-ethyl adjacent to an activating group) is 2. The van der Waals surface area contributed by atoms with Gasteiger partial charge in [-0.05, 0) is 19.8 Å². The van der Waals surface area contributed by atoms with Gasteiger partial charge in [-0.3, -0.25) is 4.79 Å². The molecule has 2 rings (SSSR count). The molecule has 1 N–H and O–H groups in total. The average Bonchev–Trinajstić information content (AvgIpc) is 3.27. The lowest BCUT2D eigenvalue weighted by molar-refractivity contribution is -0.127. The normalized spacial score (nSPS) is 14.2. The Labute approximate surface area is 120 Å². The summed E-state index contributed by atoms with van der Waals surface area (Å²) in [6.07, 6.45) is 6.21. The third-order valence-corrected chi connectivity index (χ3v) is 3.35. The maximum Gasteiger partial charge on any atom is 0.241 e. The molecular weight excluding hydrogens is 254 g/mol. The van der Waals surface area contributed by atoms with Crippen LogP contribution in [0.1, 0.15) is 25.3 Å². The van der Waals surface area contributed by atoms with Gasteiger partial charge in [0, 0.05) is 51.2 Å². The van der Waals surface area contributed by atoms with Crippen molar-refractivity contribution >= 4 is 11.9 Å². The van der Waals surface area contributed by atoms with Gasteiger partial charge in [-0.25, -0.2) is 9.97 Å². The Morgan fingerprint density at radius 2 is 2.00 bits per heavy atom. The molecule has 20 heavy (non-hydrogen) atoms. The summed E-state index contributed by atoms with van der Waals surface area (Å²) >= 11 is 0. The number of rotatable bonds is 7. The van der Waals surface area contributed by atoms with E-state index in [4.69, 9.17) is 0 Å². The van der Waals surface area contributed by atoms with E-state index in [1.54, 1.807) is 19.0 Å². The fraction of sp³-hybridized carbons (Fsp3) is 0.643. The number of nitrogens with one attached hydrogen (secondary N) is 1. The van der Waals surface area contributed by atoms with E-state index in [-0.39, 0.29) is 5.91 Å². The molecule has 1 fully saturated rings. The molecule has 1 amide bonds. The molecule has 1 aliphatic rings. The van der Waals surface area contributed by atoms with Crippen LogP contribution < -0.4 is 10.2 Å². The van der Waals surface area contributed by atoms with Crippen molar-refractivity contribution in [1.29, 1.82) is 0 Å². The smallest absolute Gasteiger partial charge is 0.241 e. The van der Waals surface area contributed by atoms with E-state index in [9.17, 15) is 4.79 Å². The molecule has 6 heteroatoms. The fourth-order valence-corrected chi connectivity index (χ4v) is 1.78. The van der Waals surface area contributed by atoms with Crippen molar-refractivity contribution in [2.75, 3.05) is 32.1 Å². The number of carbonyl (C=O) groups excluding carboxylic acids is 1. The van der Waals surface area contributed by atoms with Crippen LogP contribution in [0.5, 0.6) is 0 Å². The summed E-state index contributed by atoms with van der Waals surface area (Å²) in [5.41, 5.74) is 1.08. The van der Waals surface area contributed by atoms with Gasteiger partial charge in [0.15, 0.2) is 0 Å². The van der Waals surface area contributed by atoms with Crippen LogP contribution in [0.15, 0.2) is 12.4 Å². The van der Waals surface area contributed by atoms with Gasteiger partial charge in [-0.1, -0.05) is 0 Å². The minimum absolute atomic E-state index is 0.0509.